The van der Waals surface area contributed by atoms with Gasteiger partial charge in [0.15, 0.2) is 0 Å². The van der Waals surface area contributed by atoms with Gasteiger partial charge in [0.05, 0.1) is 0 Å². The van der Waals surface area contributed by atoms with Crippen molar-refractivity contribution in [1.29, 1.82) is 0 Å². The van der Waals surface area contributed by atoms with E-state index in [1.54, 1.807) is 24.3 Å². The number of hydrogen-bond acceptors (Lipinski definition) is 5. The van der Waals surface area contributed by atoms with Crippen LogP contribution in [0.3, 0.4) is 0 Å². The highest BCUT2D eigenvalue weighted by molar-refractivity contribution is 6.30. The molecule has 0 spiro atoms. The number of halogens is 1. The van der Waals surface area contributed by atoms with Gasteiger partial charge in [0.2, 0.25) is 5.82 Å². The van der Waals surface area contributed by atoms with Gasteiger partial charge in [0.1, 0.15) is 0 Å². The van der Waals surface area contributed by atoms with Crippen molar-refractivity contribution in [2.45, 2.75) is 0 Å². The zero-order valence-electron chi connectivity index (χ0n) is 7.98. The monoisotopic (exact) mass is 238 g/mol. The molecule has 1 aromatic heterocycles. The summed E-state index contributed by atoms with van der Waals surface area (Å²) in [6.45, 7) is 0. The number of aromatic nitrogens is 2. The average molecular weight is 239 g/mol. The van der Waals surface area contributed by atoms with Crippen molar-refractivity contribution >= 4 is 17.5 Å². The summed E-state index contributed by atoms with van der Waals surface area (Å²) in [6, 6.07) is 6.88. The molecule has 0 bridgehead atoms. The van der Waals surface area contributed by atoms with E-state index in [0.717, 1.165) is 0 Å². The zero-order chi connectivity index (χ0) is 11.5. The van der Waals surface area contributed by atoms with E-state index in [2.05, 4.69) is 10.1 Å². The maximum absolute atomic E-state index is 11.1. The summed E-state index contributed by atoms with van der Waals surface area (Å²) < 4.78 is 4.72. The van der Waals surface area contributed by atoms with E-state index in [1.165, 1.54) is 0 Å². The Bertz CT molecular complexity index is 526. The zero-order valence-corrected chi connectivity index (χ0v) is 8.73. The number of nitrogens with one attached hydrogen (secondary N) is 1. The fraction of sp³-hybridized carbons (Fsp3) is 0. The van der Waals surface area contributed by atoms with Crippen LogP contribution in [0, 0.1) is 0 Å². The molecule has 1 amide bonds. The Balaban J connectivity index is 2.35. The van der Waals surface area contributed by atoms with Crippen LogP contribution in [0.25, 0.3) is 11.4 Å². The molecule has 1 heterocycles. The predicted octanol–water partition coefficient (Wildman–Crippen LogP) is 0.993. The number of carbonyl (C=O) groups excluding carboxylic acids is 1. The SMILES string of the molecule is NNC(=O)c1nc(-c2cccc(Cl)c2)no1. The van der Waals surface area contributed by atoms with Gasteiger partial charge in [-0.05, 0) is 12.1 Å². The summed E-state index contributed by atoms with van der Waals surface area (Å²) in [7, 11) is 0. The molecule has 0 aliphatic carbocycles. The minimum absolute atomic E-state index is 0.197. The molecule has 0 radical (unpaired) electrons. The summed E-state index contributed by atoms with van der Waals surface area (Å²) in [5, 5.41) is 4.18. The molecule has 0 atom stereocenters. The van der Waals surface area contributed by atoms with Gasteiger partial charge in [-0.15, -0.1) is 0 Å². The smallest absolute Gasteiger partial charge is 0.323 e. The minimum Gasteiger partial charge on any atom is -0.328 e. The molecule has 0 saturated carbocycles. The van der Waals surface area contributed by atoms with Crippen molar-refractivity contribution in [3.8, 4) is 11.4 Å². The molecule has 0 fully saturated rings. The second kappa shape index (κ2) is 4.30. The van der Waals surface area contributed by atoms with Gasteiger partial charge >= 0.3 is 11.8 Å². The fourth-order valence-electron chi connectivity index (χ4n) is 1.12. The average Bonchev–Trinajstić information content (AvgIpc) is 2.77. The summed E-state index contributed by atoms with van der Waals surface area (Å²) in [4.78, 5) is 14.9. The Labute approximate surface area is 95.4 Å². The number of rotatable bonds is 2. The van der Waals surface area contributed by atoms with Gasteiger partial charge < -0.3 is 4.52 Å². The Morgan fingerprint density at radius 3 is 3.00 bits per heavy atom. The van der Waals surface area contributed by atoms with E-state index in [9.17, 15) is 4.79 Å². The lowest BCUT2D eigenvalue weighted by Crippen LogP contribution is -2.30. The first-order valence-electron chi connectivity index (χ1n) is 4.31. The Kier molecular flexibility index (Phi) is 2.84. The van der Waals surface area contributed by atoms with Crippen LogP contribution < -0.4 is 11.3 Å². The summed E-state index contributed by atoms with van der Waals surface area (Å²) in [6.07, 6.45) is 0. The van der Waals surface area contributed by atoms with Crippen LogP contribution in [0.1, 0.15) is 10.7 Å². The minimum atomic E-state index is -0.638. The number of hydrogen-bond donors (Lipinski definition) is 2. The van der Waals surface area contributed by atoms with Crippen LogP contribution in [-0.4, -0.2) is 16.0 Å². The largest absolute Gasteiger partial charge is 0.328 e. The highest BCUT2D eigenvalue weighted by Crippen LogP contribution is 2.19. The molecular weight excluding hydrogens is 232 g/mol. The molecule has 82 valence electrons. The van der Waals surface area contributed by atoms with E-state index in [0.29, 0.717) is 10.6 Å². The van der Waals surface area contributed by atoms with E-state index < -0.39 is 5.91 Å². The van der Waals surface area contributed by atoms with Crippen LogP contribution in [0.15, 0.2) is 28.8 Å². The van der Waals surface area contributed by atoms with Crippen molar-refractivity contribution in [2.75, 3.05) is 0 Å². The Morgan fingerprint density at radius 1 is 1.50 bits per heavy atom. The van der Waals surface area contributed by atoms with E-state index in [-0.39, 0.29) is 11.7 Å². The first-order chi connectivity index (χ1) is 7.70. The van der Waals surface area contributed by atoms with Gasteiger partial charge in [0, 0.05) is 10.6 Å². The van der Waals surface area contributed by atoms with Gasteiger partial charge in [0.25, 0.3) is 0 Å². The molecular formula is C9H7ClN4O2. The molecule has 2 aromatic rings. The van der Waals surface area contributed by atoms with Crippen LogP contribution >= 0.6 is 11.6 Å². The number of hydrazine groups is 1. The molecule has 0 unspecified atom stereocenters. The van der Waals surface area contributed by atoms with Crippen molar-refractivity contribution in [1.82, 2.24) is 15.6 Å². The number of carbonyl (C=O) groups is 1. The standard InChI is InChI=1S/C9H7ClN4O2/c10-6-3-1-2-5(4-6)7-12-9(16-14-7)8(15)13-11/h1-4H,11H2,(H,13,15). The first-order valence-corrected chi connectivity index (χ1v) is 4.69. The molecule has 7 heteroatoms. The summed E-state index contributed by atoms with van der Waals surface area (Å²) in [5.41, 5.74) is 2.56. The van der Waals surface area contributed by atoms with Crippen molar-refractivity contribution < 1.29 is 9.32 Å². The maximum Gasteiger partial charge on any atom is 0.323 e. The van der Waals surface area contributed by atoms with Crippen molar-refractivity contribution in [3.63, 3.8) is 0 Å². The van der Waals surface area contributed by atoms with Crippen LogP contribution in [0.4, 0.5) is 0 Å². The van der Waals surface area contributed by atoms with E-state index >= 15 is 0 Å². The number of nitrogens with zero attached hydrogens (tertiary/aromatic N) is 2. The van der Waals surface area contributed by atoms with Crippen molar-refractivity contribution in [2.24, 2.45) is 5.84 Å². The second-order valence-corrected chi connectivity index (χ2v) is 3.34. The normalized spacial score (nSPS) is 10.1. The number of amides is 1. The van der Waals surface area contributed by atoms with Gasteiger partial charge in [-0.1, -0.05) is 28.9 Å². The molecule has 1 aromatic carbocycles. The van der Waals surface area contributed by atoms with E-state index in [1.807, 2.05) is 5.43 Å². The highest BCUT2D eigenvalue weighted by Gasteiger charge is 2.14. The first kappa shape index (κ1) is 10.6. The number of benzene rings is 1. The molecule has 0 aliphatic heterocycles. The predicted molar refractivity (Wildman–Crippen MR) is 56.4 cm³/mol. The third kappa shape index (κ3) is 2.02. The molecule has 2 rings (SSSR count). The van der Waals surface area contributed by atoms with Crippen molar-refractivity contribution in [3.05, 3.63) is 35.2 Å². The lowest BCUT2D eigenvalue weighted by Gasteiger charge is -1.93. The lowest BCUT2D eigenvalue weighted by atomic mass is 10.2. The third-order valence-corrected chi connectivity index (χ3v) is 2.07. The quantitative estimate of drug-likeness (QED) is 0.462. The Hall–Kier alpha value is -1.92. The molecule has 3 N–H and O–H groups in total. The number of nitrogens with two attached hydrogens (primary N) is 1. The molecule has 6 nitrogen and oxygen atoms in total. The molecule has 16 heavy (non-hydrogen) atoms. The number of nitrogen functional groups attached to an aromatic ring is 1. The maximum atomic E-state index is 11.1. The summed E-state index contributed by atoms with van der Waals surface area (Å²) in [5.74, 6) is 4.37. The van der Waals surface area contributed by atoms with Crippen LogP contribution in [0.2, 0.25) is 5.02 Å². The topological polar surface area (TPSA) is 94.0 Å². The third-order valence-electron chi connectivity index (χ3n) is 1.83. The van der Waals surface area contributed by atoms with Gasteiger partial charge in [-0.25, -0.2) is 5.84 Å². The van der Waals surface area contributed by atoms with Gasteiger partial charge in [-0.2, -0.15) is 4.98 Å². The van der Waals surface area contributed by atoms with Crippen LogP contribution in [0.5, 0.6) is 0 Å². The Morgan fingerprint density at radius 2 is 2.31 bits per heavy atom. The van der Waals surface area contributed by atoms with E-state index in [4.69, 9.17) is 22.0 Å². The molecule has 0 aliphatic rings. The highest BCUT2D eigenvalue weighted by atomic mass is 35.5. The molecule has 0 saturated heterocycles. The summed E-state index contributed by atoms with van der Waals surface area (Å²) >= 11 is 5.81. The van der Waals surface area contributed by atoms with Crippen LogP contribution in [-0.2, 0) is 0 Å². The fourth-order valence-corrected chi connectivity index (χ4v) is 1.31. The lowest BCUT2D eigenvalue weighted by molar-refractivity contribution is 0.0910. The van der Waals surface area contributed by atoms with Gasteiger partial charge in [-0.3, -0.25) is 10.2 Å². The second-order valence-electron chi connectivity index (χ2n) is 2.91.